The van der Waals surface area contributed by atoms with Crippen LogP contribution in [0, 0.1) is 0 Å². The highest BCUT2D eigenvalue weighted by Crippen LogP contribution is 2.32. The third-order valence-electron chi connectivity index (χ3n) is 4.65. The van der Waals surface area contributed by atoms with Crippen molar-refractivity contribution in [2.45, 2.75) is 31.5 Å². The smallest absolute Gasteiger partial charge is 0.136 e. The third kappa shape index (κ3) is 3.44. The van der Waals surface area contributed by atoms with Crippen LogP contribution >= 0.6 is 0 Å². The van der Waals surface area contributed by atoms with E-state index in [0.29, 0.717) is 0 Å². The second kappa shape index (κ2) is 7.11. The number of furan rings is 1. The Morgan fingerprint density at radius 1 is 0.960 bits per heavy atom. The van der Waals surface area contributed by atoms with Crippen molar-refractivity contribution in [1.29, 1.82) is 0 Å². The molecule has 1 aliphatic carbocycles. The third-order valence-corrected chi connectivity index (χ3v) is 4.65. The van der Waals surface area contributed by atoms with Gasteiger partial charge in [0.05, 0.1) is 6.10 Å². The van der Waals surface area contributed by atoms with Crippen molar-refractivity contribution in [3.8, 4) is 28.4 Å². The first-order valence-electron chi connectivity index (χ1n) is 8.63. The maximum Gasteiger partial charge on any atom is 0.136 e. The number of pyridine rings is 1. The Bertz CT molecular complexity index is 828. The summed E-state index contributed by atoms with van der Waals surface area (Å²) in [6, 6.07) is 15.9. The molecule has 0 N–H and O–H groups in total. The van der Waals surface area contributed by atoms with E-state index >= 15 is 0 Å². The van der Waals surface area contributed by atoms with E-state index in [9.17, 15) is 0 Å². The van der Waals surface area contributed by atoms with Gasteiger partial charge in [-0.25, -0.2) is 0 Å². The Kier molecular flexibility index (Phi) is 4.53. The molecular formula is C21H21NO3. The SMILES string of the molecule is COC1CCCC1Oc1cccc(-c2ccc(-c3cccnc3)o2)c1. The Labute approximate surface area is 147 Å². The molecule has 1 fully saturated rings. The molecule has 0 saturated heterocycles. The Hall–Kier alpha value is -2.59. The van der Waals surface area contributed by atoms with Crippen LogP contribution in [-0.2, 0) is 4.74 Å². The zero-order chi connectivity index (χ0) is 17.1. The fourth-order valence-electron chi connectivity index (χ4n) is 3.35. The van der Waals surface area contributed by atoms with Crippen molar-refractivity contribution in [3.05, 3.63) is 60.9 Å². The molecule has 4 rings (SSSR count). The molecule has 4 heteroatoms. The highest BCUT2D eigenvalue weighted by atomic mass is 16.5. The molecule has 2 unspecified atom stereocenters. The van der Waals surface area contributed by atoms with Crippen molar-refractivity contribution < 1.29 is 13.9 Å². The van der Waals surface area contributed by atoms with Gasteiger partial charge in [0.1, 0.15) is 23.4 Å². The summed E-state index contributed by atoms with van der Waals surface area (Å²) in [5.41, 5.74) is 1.97. The van der Waals surface area contributed by atoms with E-state index in [4.69, 9.17) is 13.9 Å². The van der Waals surface area contributed by atoms with Crippen LogP contribution in [0.2, 0.25) is 0 Å². The van der Waals surface area contributed by atoms with Gasteiger partial charge in [0, 0.05) is 30.6 Å². The highest BCUT2D eigenvalue weighted by molar-refractivity contribution is 5.65. The second-order valence-corrected chi connectivity index (χ2v) is 6.29. The van der Waals surface area contributed by atoms with Crippen LogP contribution in [0.5, 0.6) is 5.75 Å². The van der Waals surface area contributed by atoms with E-state index in [1.165, 1.54) is 0 Å². The number of ether oxygens (including phenoxy) is 2. The van der Waals surface area contributed by atoms with Crippen molar-refractivity contribution in [1.82, 2.24) is 4.98 Å². The lowest BCUT2D eigenvalue weighted by molar-refractivity contribution is 0.0229. The molecule has 0 aliphatic heterocycles. The van der Waals surface area contributed by atoms with Crippen LogP contribution in [-0.4, -0.2) is 24.3 Å². The fraction of sp³-hybridized carbons (Fsp3) is 0.286. The van der Waals surface area contributed by atoms with Gasteiger partial charge in [0.25, 0.3) is 0 Å². The molecule has 4 nitrogen and oxygen atoms in total. The lowest BCUT2D eigenvalue weighted by Crippen LogP contribution is -2.27. The lowest BCUT2D eigenvalue weighted by atomic mass is 10.1. The van der Waals surface area contributed by atoms with Gasteiger partial charge in [-0.2, -0.15) is 0 Å². The molecular weight excluding hydrogens is 314 g/mol. The van der Waals surface area contributed by atoms with Gasteiger partial charge in [-0.05, 0) is 55.7 Å². The molecule has 2 atom stereocenters. The number of rotatable bonds is 5. The van der Waals surface area contributed by atoms with Crippen molar-refractivity contribution in [2.75, 3.05) is 7.11 Å². The number of benzene rings is 1. The molecule has 3 aromatic rings. The molecule has 0 bridgehead atoms. The van der Waals surface area contributed by atoms with Crippen LogP contribution in [0.25, 0.3) is 22.6 Å². The Morgan fingerprint density at radius 2 is 1.76 bits per heavy atom. The molecule has 25 heavy (non-hydrogen) atoms. The Morgan fingerprint density at radius 3 is 2.56 bits per heavy atom. The molecule has 1 saturated carbocycles. The monoisotopic (exact) mass is 335 g/mol. The molecule has 0 radical (unpaired) electrons. The molecule has 0 amide bonds. The van der Waals surface area contributed by atoms with Crippen molar-refractivity contribution >= 4 is 0 Å². The van der Waals surface area contributed by atoms with E-state index in [1.54, 1.807) is 19.5 Å². The van der Waals surface area contributed by atoms with Crippen LogP contribution in [0.3, 0.4) is 0 Å². The van der Waals surface area contributed by atoms with Gasteiger partial charge in [-0.1, -0.05) is 12.1 Å². The number of aromatic nitrogens is 1. The van der Waals surface area contributed by atoms with Crippen molar-refractivity contribution in [2.24, 2.45) is 0 Å². The predicted molar refractivity (Wildman–Crippen MR) is 96.4 cm³/mol. The lowest BCUT2D eigenvalue weighted by Gasteiger charge is -2.20. The largest absolute Gasteiger partial charge is 0.488 e. The molecule has 1 aliphatic rings. The zero-order valence-corrected chi connectivity index (χ0v) is 14.2. The first-order valence-corrected chi connectivity index (χ1v) is 8.63. The van der Waals surface area contributed by atoms with Gasteiger partial charge in [0.2, 0.25) is 0 Å². The maximum atomic E-state index is 6.16. The summed E-state index contributed by atoms with van der Waals surface area (Å²) in [6.07, 6.45) is 7.11. The summed E-state index contributed by atoms with van der Waals surface area (Å²) in [5, 5.41) is 0. The minimum Gasteiger partial charge on any atom is -0.488 e. The topological polar surface area (TPSA) is 44.5 Å². The summed E-state index contributed by atoms with van der Waals surface area (Å²) in [4.78, 5) is 4.14. The van der Waals surface area contributed by atoms with Crippen LogP contribution in [0.1, 0.15) is 19.3 Å². The summed E-state index contributed by atoms with van der Waals surface area (Å²) in [6.45, 7) is 0. The quantitative estimate of drug-likeness (QED) is 0.661. The van der Waals surface area contributed by atoms with Gasteiger partial charge < -0.3 is 13.9 Å². The molecule has 2 aromatic heterocycles. The predicted octanol–water partition coefficient (Wildman–Crippen LogP) is 4.95. The summed E-state index contributed by atoms with van der Waals surface area (Å²) < 4.78 is 17.7. The summed E-state index contributed by atoms with van der Waals surface area (Å²) >= 11 is 0. The molecule has 1 aromatic carbocycles. The van der Waals surface area contributed by atoms with E-state index in [1.807, 2.05) is 48.5 Å². The fourth-order valence-corrected chi connectivity index (χ4v) is 3.35. The van der Waals surface area contributed by atoms with Gasteiger partial charge in [-0.15, -0.1) is 0 Å². The van der Waals surface area contributed by atoms with E-state index in [2.05, 4.69) is 4.98 Å². The van der Waals surface area contributed by atoms with Gasteiger partial charge >= 0.3 is 0 Å². The van der Waals surface area contributed by atoms with Gasteiger partial charge in [-0.3, -0.25) is 4.98 Å². The normalized spacial score (nSPS) is 19.9. The molecule has 128 valence electrons. The molecule has 2 heterocycles. The van der Waals surface area contributed by atoms with Crippen LogP contribution in [0.15, 0.2) is 65.3 Å². The zero-order valence-electron chi connectivity index (χ0n) is 14.2. The number of hydrogen-bond acceptors (Lipinski definition) is 4. The average molecular weight is 335 g/mol. The van der Waals surface area contributed by atoms with E-state index in [0.717, 1.165) is 47.7 Å². The maximum absolute atomic E-state index is 6.16. The van der Waals surface area contributed by atoms with Crippen LogP contribution in [0.4, 0.5) is 0 Å². The number of nitrogens with zero attached hydrogens (tertiary/aromatic N) is 1. The first-order chi connectivity index (χ1) is 12.3. The van der Waals surface area contributed by atoms with Gasteiger partial charge in [0.15, 0.2) is 0 Å². The second-order valence-electron chi connectivity index (χ2n) is 6.29. The number of methoxy groups -OCH3 is 1. The van der Waals surface area contributed by atoms with Crippen molar-refractivity contribution in [3.63, 3.8) is 0 Å². The van der Waals surface area contributed by atoms with E-state index in [-0.39, 0.29) is 12.2 Å². The summed E-state index contributed by atoms with van der Waals surface area (Å²) in [7, 11) is 1.76. The first kappa shape index (κ1) is 15.9. The average Bonchev–Trinajstić information content (AvgIpc) is 3.32. The Balaban J connectivity index is 1.55. The highest BCUT2D eigenvalue weighted by Gasteiger charge is 2.28. The minimum absolute atomic E-state index is 0.128. The standard InChI is InChI=1S/C21H21NO3/c1-23-20-8-3-9-21(20)24-17-7-2-5-15(13-17)18-10-11-19(25-18)16-6-4-12-22-14-16/h2,4-7,10-14,20-21H,3,8-9H2,1H3. The summed E-state index contributed by atoms with van der Waals surface area (Å²) in [5.74, 6) is 2.48. The van der Waals surface area contributed by atoms with Crippen LogP contribution < -0.4 is 4.74 Å². The van der Waals surface area contributed by atoms with E-state index < -0.39 is 0 Å². The molecule has 0 spiro atoms. The number of hydrogen-bond donors (Lipinski definition) is 0. The minimum atomic E-state index is 0.128.